The maximum absolute atomic E-state index is 5.82. The van der Waals surface area contributed by atoms with Gasteiger partial charge in [0.2, 0.25) is 0 Å². The fraction of sp³-hybridized carbons (Fsp3) is 0.391. The van der Waals surface area contributed by atoms with Gasteiger partial charge in [-0.15, -0.1) is 0 Å². The molecule has 2 heterocycles. The zero-order chi connectivity index (χ0) is 20.8. The molecule has 0 aromatic heterocycles. The first kappa shape index (κ1) is 20.5. The molecular weight excluding hydrogens is 446 g/mol. The average Bonchev–Trinajstić information content (AvgIpc) is 3.10. The van der Waals surface area contributed by atoms with Gasteiger partial charge in [-0.25, -0.2) is 4.99 Å². The monoisotopic (exact) mass is 471 g/mol. The molecule has 2 aliphatic heterocycles. The molecule has 1 aromatic carbocycles. The second-order valence-corrected chi connectivity index (χ2v) is 9.42. The molecule has 6 heteroatoms. The van der Waals surface area contributed by atoms with E-state index in [0.29, 0.717) is 18.3 Å². The van der Waals surface area contributed by atoms with Gasteiger partial charge in [-0.1, -0.05) is 48.2 Å². The number of thiocarbonyl (C=S) groups is 1. The lowest BCUT2D eigenvalue weighted by molar-refractivity contribution is 0.183. The summed E-state index contributed by atoms with van der Waals surface area (Å²) < 4.78 is 6.43. The topological polar surface area (TPSA) is 36.9 Å². The maximum Gasteiger partial charge on any atom is 0.175 e. The Bertz CT molecular complexity index is 969. The molecule has 4 rings (SSSR count). The van der Waals surface area contributed by atoms with Gasteiger partial charge in [0.25, 0.3) is 0 Å². The van der Waals surface area contributed by atoms with Gasteiger partial charge in [-0.3, -0.25) is 0 Å². The number of nitrogens with one attached hydrogen (secondary N) is 1. The maximum atomic E-state index is 5.82. The standard InChI is InChI=1S/C23H26BrN3OS/c1-5-15-9-10-22(3)14-16-7-8-17(24)13-18(16)23(22)20(25-19(15)6-2)27(11-12-28-4)21(29)26-23/h5-8,13H,1-2,9-12,14H2,3-4H3,(H,26,29)/b19-15-,25-20?. The Hall–Kier alpha value is -1.76. The predicted molar refractivity (Wildman–Crippen MR) is 126 cm³/mol. The van der Waals surface area contributed by atoms with Crippen LogP contribution in [0.25, 0.3) is 0 Å². The highest BCUT2D eigenvalue weighted by atomic mass is 79.9. The van der Waals surface area contributed by atoms with Gasteiger partial charge in [0, 0.05) is 23.5 Å². The Morgan fingerprint density at radius 2 is 2.17 bits per heavy atom. The van der Waals surface area contributed by atoms with E-state index in [0.717, 1.165) is 40.8 Å². The van der Waals surface area contributed by atoms with E-state index in [2.05, 4.69) is 64.4 Å². The Balaban J connectivity index is 2.02. The number of aliphatic imine (C=N–C) groups is 1. The molecule has 0 bridgehead atoms. The van der Waals surface area contributed by atoms with Crippen LogP contribution in [0.15, 0.2) is 64.2 Å². The lowest BCUT2D eigenvalue weighted by Gasteiger charge is -2.43. The molecule has 1 fully saturated rings. The van der Waals surface area contributed by atoms with Gasteiger partial charge in [0.15, 0.2) is 5.11 Å². The number of hydrogen-bond acceptors (Lipinski definition) is 3. The van der Waals surface area contributed by atoms with Crippen molar-refractivity contribution in [3.05, 3.63) is 70.4 Å². The van der Waals surface area contributed by atoms with Gasteiger partial charge in [-0.2, -0.15) is 0 Å². The summed E-state index contributed by atoms with van der Waals surface area (Å²) in [5.41, 5.74) is 4.03. The van der Waals surface area contributed by atoms with E-state index in [4.69, 9.17) is 21.9 Å². The van der Waals surface area contributed by atoms with Crippen LogP contribution in [0.2, 0.25) is 0 Å². The molecule has 0 saturated carbocycles. The molecule has 3 aliphatic rings. The number of rotatable bonds is 5. The van der Waals surface area contributed by atoms with E-state index < -0.39 is 5.54 Å². The van der Waals surface area contributed by atoms with E-state index in [1.807, 2.05) is 12.2 Å². The molecule has 2 unspecified atom stereocenters. The number of hydrogen-bond donors (Lipinski definition) is 1. The minimum absolute atomic E-state index is 0.0815. The summed E-state index contributed by atoms with van der Waals surface area (Å²) in [4.78, 5) is 7.27. The van der Waals surface area contributed by atoms with Gasteiger partial charge < -0.3 is 15.0 Å². The van der Waals surface area contributed by atoms with Crippen molar-refractivity contribution in [2.45, 2.75) is 31.7 Å². The number of methoxy groups -OCH3 is 1. The fourth-order valence-electron chi connectivity index (χ4n) is 5.04. The number of ether oxygens (including phenoxy) is 1. The molecule has 1 aromatic rings. The number of nitrogens with zero attached hydrogens (tertiary/aromatic N) is 2. The van der Waals surface area contributed by atoms with E-state index in [9.17, 15) is 0 Å². The first-order chi connectivity index (χ1) is 13.9. The predicted octanol–water partition coefficient (Wildman–Crippen LogP) is 4.86. The minimum atomic E-state index is -0.474. The fourth-order valence-corrected chi connectivity index (χ4v) is 5.73. The molecule has 0 amide bonds. The SMILES string of the molecule is C=C/C1=C(\C=C)N=C2N(CCOC)C(=S)NC23c2cc(Br)ccc2CC3(C)CC1. The zero-order valence-corrected chi connectivity index (χ0v) is 19.3. The summed E-state index contributed by atoms with van der Waals surface area (Å²) in [5.74, 6) is 0.938. The lowest BCUT2D eigenvalue weighted by atomic mass is 9.67. The summed E-state index contributed by atoms with van der Waals surface area (Å²) >= 11 is 9.50. The summed E-state index contributed by atoms with van der Waals surface area (Å²) in [5, 5.41) is 4.43. The molecule has 152 valence electrons. The van der Waals surface area contributed by atoms with Crippen molar-refractivity contribution < 1.29 is 4.74 Å². The van der Waals surface area contributed by atoms with Gasteiger partial charge in [-0.05, 0) is 66.4 Å². The summed E-state index contributed by atoms with van der Waals surface area (Å²) in [6, 6.07) is 6.56. The van der Waals surface area contributed by atoms with Crippen LogP contribution in [-0.2, 0) is 16.7 Å². The van der Waals surface area contributed by atoms with Crippen molar-refractivity contribution >= 4 is 39.1 Å². The van der Waals surface area contributed by atoms with Crippen molar-refractivity contribution in [3.8, 4) is 0 Å². The van der Waals surface area contributed by atoms with Crippen molar-refractivity contribution in [3.63, 3.8) is 0 Å². The highest BCUT2D eigenvalue weighted by Crippen LogP contribution is 2.57. The highest BCUT2D eigenvalue weighted by Gasteiger charge is 2.63. The molecule has 4 nitrogen and oxygen atoms in total. The van der Waals surface area contributed by atoms with Crippen molar-refractivity contribution in [1.82, 2.24) is 10.2 Å². The Labute approximate surface area is 186 Å². The molecule has 1 N–H and O–H groups in total. The molecule has 1 saturated heterocycles. The number of halogens is 1. The van der Waals surface area contributed by atoms with E-state index in [-0.39, 0.29) is 5.41 Å². The lowest BCUT2D eigenvalue weighted by Crippen LogP contribution is -2.54. The number of benzene rings is 1. The molecule has 1 aliphatic carbocycles. The second-order valence-electron chi connectivity index (χ2n) is 8.12. The van der Waals surface area contributed by atoms with Gasteiger partial charge >= 0.3 is 0 Å². The normalized spacial score (nSPS) is 30.5. The molecule has 0 radical (unpaired) electrons. The van der Waals surface area contributed by atoms with E-state index in [1.54, 1.807) is 7.11 Å². The smallest absolute Gasteiger partial charge is 0.175 e. The van der Waals surface area contributed by atoms with Gasteiger partial charge in [0.05, 0.1) is 12.3 Å². The van der Waals surface area contributed by atoms with E-state index in [1.165, 1.54) is 11.1 Å². The van der Waals surface area contributed by atoms with Crippen molar-refractivity contribution in [1.29, 1.82) is 0 Å². The summed E-state index contributed by atoms with van der Waals surface area (Å²) in [6.45, 7) is 11.6. The van der Waals surface area contributed by atoms with Crippen LogP contribution in [0, 0.1) is 5.41 Å². The average molecular weight is 472 g/mol. The molecule has 29 heavy (non-hydrogen) atoms. The molecule has 1 spiro atoms. The Morgan fingerprint density at radius 1 is 1.38 bits per heavy atom. The third-order valence-electron chi connectivity index (χ3n) is 6.55. The molecule has 2 atom stereocenters. The number of allylic oxidation sites excluding steroid dienone is 3. The van der Waals surface area contributed by atoms with Crippen LogP contribution in [-0.4, -0.2) is 36.1 Å². The van der Waals surface area contributed by atoms with Crippen LogP contribution in [0.3, 0.4) is 0 Å². The Morgan fingerprint density at radius 3 is 2.86 bits per heavy atom. The van der Waals surface area contributed by atoms with Crippen LogP contribution < -0.4 is 5.32 Å². The second kappa shape index (κ2) is 7.49. The highest BCUT2D eigenvalue weighted by molar-refractivity contribution is 9.10. The van der Waals surface area contributed by atoms with Crippen LogP contribution in [0.4, 0.5) is 0 Å². The summed E-state index contributed by atoms with van der Waals surface area (Å²) in [7, 11) is 1.71. The number of amidine groups is 1. The van der Waals surface area contributed by atoms with Crippen LogP contribution >= 0.6 is 28.1 Å². The van der Waals surface area contributed by atoms with Crippen molar-refractivity contribution in [2.75, 3.05) is 20.3 Å². The summed E-state index contributed by atoms with van der Waals surface area (Å²) in [6.07, 6.45) is 6.60. The van der Waals surface area contributed by atoms with Gasteiger partial charge in [0.1, 0.15) is 11.4 Å². The Kier molecular flexibility index (Phi) is 5.30. The zero-order valence-electron chi connectivity index (χ0n) is 16.9. The largest absolute Gasteiger partial charge is 0.383 e. The van der Waals surface area contributed by atoms with E-state index >= 15 is 0 Å². The molecular formula is C23H26BrN3OS. The van der Waals surface area contributed by atoms with Crippen molar-refractivity contribution in [2.24, 2.45) is 10.4 Å². The first-order valence-corrected chi connectivity index (χ1v) is 11.0. The third-order valence-corrected chi connectivity index (χ3v) is 7.37. The first-order valence-electron chi connectivity index (χ1n) is 9.85. The van der Waals surface area contributed by atoms with Crippen LogP contribution in [0.5, 0.6) is 0 Å². The number of fused-ring (bicyclic) bond motifs is 1. The third kappa shape index (κ3) is 2.95. The quantitative estimate of drug-likeness (QED) is 0.621. The minimum Gasteiger partial charge on any atom is -0.383 e. The van der Waals surface area contributed by atoms with Crippen LogP contribution in [0.1, 0.15) is 30.9 Å².